The molecule has 8 aromatic carbocycles. The molecule has 0 aliphatic carbocycles. The van der Waals surface area contributed by atoms with Crippen molar-refractivity contribution in [3.63, 3.8) is 0 Å². The van der Waals surface area contributed by atoms with E-state index in [0.29, 0.717) is 82.1 Å². The van der Waals surface area contributed by atoms with Crippen LogP contribution in [0.15, 0.2) is 298 Å². The summed E-state index contributed by atoms with van der Waals surface area (Å²) >= 11 is 30.1. The lowest BCUT2D eigenvalue weighted by molar-refractivity contribution is -0.136. The van der Waals surface area contributed by atoms with Crippen molar-refractivity contribution < 1.29 is 45.3 Å². The maximum atomic E-state index is 14.0. The number of alkyl halides is 3. The smallest absolute Gasteiger partial charge is 0.392 e. The maximum absolute atomic E-state index is 14.0. The molecular formula is C101H69Cl5F8N24O2. The first-order valence-electron chi connectivity index (χ1n) is 42.1. The number of nitrogens with one attached hydrogen (secondary N) is 8. The molecule has 0 amide bonds. The number of aliphatic hydroxyl groups excluding tert-OH is 2. The number of hydrogen-bond donors (Lipinski definition) is 10. The number of H-pyrrole nitrogens is 8. The van der Waals surface area contributed by atoms with Crippen molar-refractivity contribution in [1.29, 1.82) is 0 Å². The molecule has 696 valence electrons. The van der Waals surface area contributed by atoms with Gasteiger partial charge in [0.05, 0.1) is 95.1 Å². The molecule has 26 nitrogen and oxygen atoms in total. The second kappa shape index (κ2) is 42.8. The number of rotatable bonds is 10. The van der Waals surface area contributed by atoms with Crippen LogP contribution in [-0.2, 0) is 19.4 Å². The number of aromatic amines is 8. The van der Waals surface area contributed by atoms with Crippen LogP contribution >= 0.6 is 58.0 Å². The fourth-order valence-corrected chi connectivity index (χ4v) is 15.4. The molecule has 0 aliphatic rings. The SMILES string of the molecule is Cc1cc(Cl)c2nc(-c3ccccn3)[nH]c2c1.Cc1ccc2nc(-c3ccccn3)[nH]c2c1.Clc1cc(Cl)c2nc(-c3ccccn3)[nH]c2c1.Clc1ccc2nc(-c3ccccn3)[nH]c2c1.FC(F)(F)c1cccc2[nH]c(-c3ccccn3)nc12.Fc1cc2[nH]c(-c3ccccn3)nc2c(F)c1F.OCc1c(F)cc2[nH]c(-c3ccccn3)nc2c1F.OCc1cc2[nH]c(-c3ccccn3)nc2cc1Cl. The monoisotopic (exact) mass is 1980 g/mol. The topological polar surface area (TPSA) is 373 Å². The minimum absolute atomic E-state index is 0.00824. The van der Waals surface area contributed by atoms with E-state index >= 15 is 0 Å². The van der Waals surface area contributed by atoms with Crippen molar-refractivity contribution in [3.8, 4) is 92.1 Å². The van der Waals surface area contributed by atoms with Gasteiger partial charge in [0.2, 0.25) is 0 Å². The molecule has 0 spiro atoms. The van der Waals surface area contributed by atoms with Crippen LogP contribution in [0.3, 0.4) is 0 Å². The Hall–Kier alpha value is -16.5. The first kappa shape index (κ1) is 95.3. The van der Waals surface area contributed by atoms with Crippen molar-refractivity contribution in [2.45, 2.75) is 33.2 Å². The summed E-state index contributed by atoms with van der Waals surface area (Å²) in [5.74, 6) is -1.10. The van der Waals surface area contributed by atoms with Crippen LogP contribution in [0.25, 0.3) is 180 Å². The molecule has 24 aromatic rings. The summed E-state index contributed by atoms with van der Waals surface area (Å²) in [5.41, 5.74) is 16.5. The van der Waals surface area contributed by atoms with Gasteiger partial charge in [0.1, 0.15) is 79.0 Å². The Kier molecular flexibility index (Phi) is 29.2. The molecule has 0 atom stereocenters. The predicted octanol–water partition coefficient (Wildman–Crippen LogP) is 25.6. The largest absolute Gasteiger partial charge is 0.418 e. The van der Waals surface area contributed by atoms with E-state index in [9.17, 15) is 40.2 Å². The van der Waals surface area contributed by atoms with Crippen molar-refractivity contribution in [3.05, 3.63) is 380 Å². The lowest BCUT2D eigenvalue weighted by Crippen LogP contribution is -2.05. The third kappa shape index (κ3) is 22.3. The van der Waals surface area contributed by atoms with Crippen molar-refractivity contribution >= 4 is 146 Å². The van der Waals surface area contributed by atoms with Gasteiger partial charge < -0.3 is 50.1 Å². The number of benzene rings is 8. The van der Waals surface area contributed by atoms with Gasteiger partial charge in [-0.05, 0) is 206 Å². The summed E-state index contributed by atoms with van der Waals surface area (Å²) in [7, 11) is 0. The highest BCUT2D eigenvalue weighted by molar-refractivity contribution is 6.38. The third-order valence-corrected chi connectivity index (χ3v) is 22.1. The molecular weight excluding hydrogens is 1910 g/mol. The number of halogens is 13. The van der Waals surface area contributed by atoms with Gasteiger partial charge in [-0.25, -0.2) is 61.8 Å². The van der Waals surface area contributed by atoms with Gasteiger partial charge in [-0.1, -0.05) is 119 Å². The second-order valence-electron chi connectivity index (χ2n) is 30.4. The molecule has 0 bridgehead atoms. The first-order valence-corrected chi connectivity index (χ1v) is 44.0. The van der Waals surface area contributed by atoms with Crippen LogP contribution in [0.4, 0.5) is 35.1 Å². The number of para-hydroxylation sites is 1. The van der Waals surface area contributed by atoms with Gasteiger partial charge >= 0.3 is 6.18 Å². The number of aryl methyl sites for hydroxylation is 2. The molecule has 10 N–H and O–H groups in total. The van der Waals surface area contributed by atoms with Gasteiger partial charge in [-0.15, -0.1) is 0 Å². The van der Waals surface area contributed by atoms with E-state index in [2.05, 4.69) is 139 Å². The molecule has 0 saturated carbocycles. The molecule has 16 heterocycles. The number of aliphatic hydroxyl groups is 2. The molecule has 0 saturated heterocycles. The highest BCUT2D eigenvalue weighted by atomic mass is 35.5. The zero-order chi connectivity index (χ0) is 97.7. The second-order valence-corrected chi connectivity index (χ2v) is 32.5. The maximum Gasteiger partial charge on any atom is 0.418 e. The van der Waals surface area contributed by atoms with Gasteiger partial charge in [0.25, 0.3) is 0 Å². The Morgan fingerprint density at radius 3 is 1.03 bits per heavy atom. The van der Waals surface area contributed by atoms with Gasteiger partial charge in [0.15, 0.2) is 69.9 Å². The van der Waals surface area contributed by atoms with E-state index in [1.807, 2.05) is 134 Å². The van der Waals surface area contributed by atoms with E-state index < -0.39 is 47.4 Å². The van der Waals surface area contributed by atoms with Crippen LogP contribution in [-0.4, -0.2) is 130 Å². The van der Waals surface area contributed by atoms with E-state index in [4.69, 9.17) is 63.1 Å². The van der Waals surface area contributed by atoms with E-state index in [-0.39, 0.29) is 45.6 Å². The number of aromatic nitrogens is 24. The Balaban J connectivity index is 0.000000110. The normalized spacial score (nSPS) is 11.1. The van der Waals surface area contributed by atoms with Crippen molar-refractivity contribution in [2.75, 3.05) is 0 Å². The molecule has 16 aromatic heterocycles. The average Bonchev–Trinajstić information content (AvgIpc) is 1.62. The fraction of sp³-hybridized carbons (Fsp3) is 0.0495. The van der Waals surface area contributed by atoms with Crippen LogP contribution in [0.2, 0.25) is 25.1 Å². The number of pyridine rings is 8. The summed E-state index contributed by atoms with van der Waals surface area (Å²) in [4.78, 5) is 92.0. The summed E-state index contributed by atoms with van der Waals surface area (Å²) in [6, 6.07) is 72.6. The average molecular weight is 1980 g/mol. The van der Waals surface area contributed by atoms with Crippen molar-refractivity contribution in [1.82, 2.24) is 120 Å². The molecule has 24 rings (SSSR count). The summed E-state index contributed by atoms with van der Waals surface area (Å²) in [6.45, 7) is 3.28. The molecule has 0 radical (unpaired) electrons. The Bertz CT molecular complexity index is 8210. The summed E-state index contributed by atoms with van der Waals surface area (Å²) in [6.07, 6.45) is 8.96. The highest BCUT2D eigenvalue weighted by Crippen LogP contribution is 2.37. The number of imidazole rings is 8. The van der Waals surface area contributed by atoms with Crippen molar-refractivity contribution in [2.24, 2.45) is 0 Å². The molecule has 0 fully saturated rings. The number of hydrogen-bond acceptors (Lipinski definition) is 18. The molecule has 140 heavy (non-hydrogen) atoms. The fourth-order valence-electron chi connectivity index (χ4n) is 14.1. The standard InChI is InChI=1S/C13H10ClN3O.C13H10ClN3.C13H8F3N3.C13H9F2N3O.C13H11N3.C12H7Cl2N3.C12H8ClN3.C12H6F3N3/c14-9-6-12-11(5-8(9)7-18)16-13(17-12)10-3-1-2-4-15-10;1-8-6-9(14)12-11(7-8)16-13(17-12)10-4-2-3-5-15-10;14-13(15,16)8-4-3-6-9-11(8)19-12(18-9)10-5-1-2-7-17-10;14-8-5-10-12(11(15)7(8)6-19)18-13(17-10)9-3-1-2-4-16-9;1-9-5-6-10-12(8-9)16-13(15-10)11-4-2-3-7-14-11;13-7-5-8(14)11-10(6-7)16-12(17-11)9-3-1-2-4-15-9;13-8-4-5-9-11(7-8)16-12(15-9)10-3-1-2-6-14-10;13-6-5-8-11(10(15)9(6)14)18-12(17-8)7-3-1-2-4-16-7/h1-6,18H,7H2,(H,16,17);2-7H,1H3,(H,16,17);1-7H,(H,18,19);1-5,19H,6H2,(H,17,18);2-8H,1H3,(H,15,16);1-6H,(H,16,17);1-7H,(H,15,16);1-5H,(H,17,18). The van der Waals surface area contributed by atoms with E-state index in [0.717, 1.165) is 119 Å². The summed E-state index contributed by atoms with van der Waals surface area (Å²) in [5, 5.41) is 21.1. The number of nitrogens with zero attached hydrogens (tertiary/aromatic N) is 16. The van der Waals surface area contributed by atoms with E-state index in [1.165, 1.54) is 11.6 Å². The molecule has 39 heteroatoms. The lowest BCUT2D eigenvalue weighted by Gasteiger charge is -2.05. The minimum atomic E-state index is -4.42. The molecule has 0 aliphatic heterocycles. The quantitative estimate of drug-likeness (QED) is 0.0449. The summed E-state index contributed by atoms with van der Waals surface area (Å²) < 4.78 is 106. The Labute approximate surface area is 811 Å². The zero-order valence-electron chi connectivity index (χ0n) is 72.7. The number of fused-ring (bicyclic) bond motifs is 8. The van der Waals surface area contributed by atoms with Crippen LogP contribution in [0.1, 0.15) is 27.8 Å². The van der Waals surface area contributed by atoms with Gasteiger partial charge in [0, 0.05) is 76.8 Å². The molecule has 0 unspecified atom stereocenters. The lowest BCUT2D eigenvalue weighted by atomic mass is 10.2. The third-order valence-electron chi connectivity index (χ3n) is 20.7. The van der Waals surface area contributed by atoms with Crippen LogP contribution < -0.4 is 0 Å². The minimum Gasteiger partial charge on any atom is -0.392 e. The Morgan fingerprint density at radius 2 is 0.607 bits per heavy atom. The van der Waals surface area contributed by atoms with Crippen LogP contribution in [0, 0.1) is 42.9 Å². The highest BCUT2D eigenvalue weighted by Gasteiger charge is 2.34. The van der Waals surface area contributed by atoms with Crippen LogP contribution in [0.5, 0.6) is 0 Å². The van der Waals surface area contributed by atoms with E-state index in [1.54, 1.807) is 135 Å². The first-order chi connectivity index (χ1) is 67.8. The van der Waals surface area contributed by atoms with Gasteiger partial charge in [-0.2, -0.15) is 13.2 Å². The van der Waals surface area contributed by atoms with Gasteiger partial charge in [-0.3, -0.25) is 39.9 Å². The Morgan fingerprint density at radius 1 is 0.264 bits per heavy atom. The predicted molar refractivity (Wildman–Crippen MR) is 526 cm³/mol. The zero-order valence-corrected chi connectivity index (χ0v) is 76.4.